The van der Waals surface area contributed by atoms with Crippen molar-refractivity contribution in [2.45, 2.75) is 52.7 Å². The van der Waals surface area contributed by atoms with Gasteiger partial charge in [-0.15, -0.1) is 11.3 Å². The number of thiazole rings is 1. The third-order valence-corrected chi connectivity index (χ3v) is 4.94. The van der Waals surface area contributed by atoms with E-state index in [2.05, 4.69) is 29.2 Å². The molecule has 0 spiro atoms. The van der Waals surface area contributed by atoms with Gasteiger partial charge in [-0.05, 0) is 34.2 Å². The van der Waals surface area contributed by atoms with Crippen molar-refractivity contribution < 1.29 is 4.79 Å². The van der Waals surface area contributed by atoms with Crippen molar-refractivity contribution in [1.82, 2.24) is 19.7 Å². The quantitative estimate of drug-likeness (QED) is 0.844. The predicted molar refractivity (Wildman–Crippen MR) is 93.6 cm³/mol. The topological polar surface area (TPSA) is 63.1 Å². The molecule has 6 nitrogen and oxygen atoms in total. The minimum absolute atomic E-state index is 0.0289. The van der Waals surface area contributed by atoms with Crippen LogP contribution in [0.2, 0.25) is 0 Å². The van der Waals surface area contributed by atoms with Crippen LogP contribution in [-0.2, 0) is 11.3 Å². The molecule has 0 aliphatic heterocycles. The molecule has 2 atom stereocenters. The molecule has 2 heterocycles. The molecule has 2 unspecified atom stereocenters. The number of anilines is 1. The Kier molecular flexibility index (Phi) is 5.90. The van der Waals surface area contributed by atoms with E-state index in [1.54, 1.807) is 17.5 Å². The molecular formula is C16H25N5OS. The highest BCUT2D eigenvalue weighted by Crippen LogP contribution is 2.18. The lowest BCUT2D eigenvalue weighted by molar-refractivity contribution is -0.120. The number of rotatable bonds is 7. The Morgan fingerprint density at radius 3 is 2.83 bits per heavy atom. The number of carbonyl (C=O) groups is 1. The Morgan fingerprint density at radius 1 is 1.48 bits per heavy atom. The fraction of sp³-hybridized carbons (Fsp3) is 0.562. The maximum Gasteiger partial charge on any atom is 0.242 e. The highest BCUT2D eigenvalue weighted by molar-refractivity contribution is 7.11. The van der Waals surface area contributed by atoms with Crippen molar-refractivity contribution in [3.05, 3.63) is 28.3 Å². The van der Waals surface area contributed by atoms with Crippen LogP contribution in [0.3, 0.4) is 0 Å². The molecule has 0 saturated heterocycles. The Balaban J connectivity index is 1.98. The maximum atomic E-state index is 12.5. The summed E-state index contributed by atoms with van der Waals surface area (Å²) in [5.41, 5.74) is 0. The van der Waals surface area contributed by atoms with E-state index in [4.69, 9.17) is 0 Å². The van der Waals surface area contributed by atoms with Gasteiger partial charge in [-0.1, -0.05) is 6.92 Å². The molecule has 1 N–H and O–H groups in total. The zero-order chi connectivity index (χ0) is 17.0. The summed E-state index contributed by atoms with van der Waals surface area (Å²) in [6.07, 6.45) is 4.56. The van der Waals surface area contributed by atoms with Crippen LogP contribution in [-0.4, -0.2) is 38.7 Å². The highest BCUT2D eigenvalue weighted by atomic mass is 32.1. The summed E-state index contributed by atoms with van der Waals surface area (Å²) < 4.78 is 1.86. The van der Waals surface area contributed by atoms with E-state index < -0.39 is 0 Å². The Morgan fingerprint density at radius 2 is 2.22 bits per heavy atom. The van der Waals surface area contributed by atoms with Crippen LogP contribution in [0.25, 0.3) is 0 Å². The van der Waals surface area contributed by atoms with Crippen LogP contribution < -0.4 is 5.32 Å². The van der Waals surface area contributed by atoms with Crippen LogP contribution in [0.4, 0.5) is 5.82 Å². The zero-order valence-electron chi connectivity index (χ0n) is 14.4. The van der Waals surface area contributed by atoms with Gasteiger partial charge in [0.25, 0.3) is 0 Å². The molecule has 23 heavy (non-hydrogen) atoms. The van der Waals surface area contributed by atoms with Crippen molar-refractivity contribution in [2.75, 3.05) is 12.4 Å². The standard InChI is InChI=1S/C16H25N5OS/c1-6-11(2)21-15(7-8-18-21)19-16(22)12(3)20(5)10-14-9-17-13(4)23-14/h7-9,11-12H,6,10H2,1-5H3,(H,19,22). The van der Waals surface area contributed by atoms with Gasteiger partial charge in [-0.3, -0.25) is 9.69 Å². The van der Waals surface area contributed by atoms with Crippen LogP contribution in [0.5, 0.6) is 0 Å². The highest BCUT2D eigenvalue weighted by Gasteiger charge is 2.20. The number of aromatic nitrogens is 3. The molecule has 0 bridgehead atoms. The lowest BCUT2D eigenvalue weighted by Gasteiger charge is -2.23. The van der Waals surface area contributed by atoms with Gasteiger partial charge >= 0.3 is 0 Å². The smallest absolute Gasteiger partial charge is 0.242 e. The van der Waals surface area contributed by atoms with Crippen molar-refractivity contribution in [2.24, 2.45) is 0 Å². The van der Waals surface area contributed by atoms with E-state index in [0.29, 0.717) is 6.54 Å². The van der Waals surface area contributed by atoms with Crippen molar-refractivity contribution in [1.29, 1.82) is 0 Å². The van der Waals surface area contributed by atoms with Crippen LogP contribution in [0.1, 0.15) is 43.1 Å². The summed E-state index contributed by atoms with van der Waals surface area (Å²) in [4.78, 5) is 19.9. The molecule has 7 heteroatoms. The molecule has 2 aromatic heterocycles. The molecule has 1 amide bonds. The number of likely N-dealkylation sites (N-methyl/N-ethyl adjacent to an activating group) is 1. The fourth-order valence-corrected chi connectivity index (χ4v) is 3.09. The molecular weight excluding hydrogens is 310 g/mol. The Labute approximate surface area is 141 Å². The first-order valence-corrected chi connectivity index (χ1v) is 8.70. The van der Waals surface area contributed by atoms with Gasteiger partial charge in [0, 0.05) is 23.7 Å². The zero-order valence-corrected chi connectivity index (χ0v) is 15.2. The van der Waals surface area contributed by atoms with Crippen LogP contribution in [0.15, 0.2) is 18.5 Å². The lowest BCUT2D eigenvalue weighted by atomic mass is 10.2. The number of carbonyl (C=O) groups excluding carboxylic acids is 1. The average molecular weight is 335 g/mol. The lowest BCUT2D eigenvalue weighted by Crippen LogP contribution is -2.39. The number of amides is 1. The number of hydrogen-bond donors (Lipinski definition) is 1. The molecule has 126 valence electrons. The second-order valence-corrected chi connectivity index (χ2v) is 7.16. The SMILES string of the molecule is CCC(C)n1nccc1NC(=O)C(C)N(C)Cc1cnc(C)s1. The minimum atomic E-state index is -0.238. The van der Waals surface area contributed by atoms with E-state index in [0.717, 1.165) is 22.1 Å². The van der Waals surface area contributed by atoms with E-state index >= 15 is 0 Å². The van der Waals surface area contributed by atoms with Gasteiger partial charge in [0.2, 0.25) is 5.91 Å². The normalized spacial score (nSPS) is 14.0. The minimum Gasteiger partial charge on any atom is -0.310 e. The predicted octanol–water partition coefficient (Wildman–Crippen LogP) is 3.08. The second kappa shape index (κ2) is 7.70. The molecule has 0 aliphatic carbocycles. The first-order chi connectivity index (χ1) is 10.9. The van der Waals surface area contributed by atoms with Gasteiger partial charge in [-0.25, -0.2) is 9.67 Å². The average Bonchev–Trinajstić information content (AvgIpc) is 3.14. The summed E-state index contributed by atoms with van der Waals surface area (Å²) >= 11 is 1.66. The summed E-state index contributed by atoms with van der Waals surface area (Å²) in [5.74, 6) is 0.719. The number of nitrogens with zero attached hydrogens (tertiary/aromatic N) is 4. The molecule has 0 aromatic carbocycles. The van der Waals surface area contributed by atoms with Crippen LogP contribution >= 0.6 is 11.3 Å². The number of aryl methyl sites for hydroxylation is 1. The van der Waals surface area contributed by atoms with Crippen molar-refractivity contribution >= 4 is 23.1 Å². The Hall–Kier alpha value is -1.73. The number of hydrogen-bond acceptors (Lipinski definition) is 5. The maximum absolute atomic E-state index is 12.5. The van der Waals surface area contributed by atoms with Gasteiger partial charge in [0.05, 0.1) is 23.3 Å². The molecule has 0 aliphatic rings. The first kappa shape index (κ1) is 17.6. The second-order valence-electron chi connectivity index (χ2n) is 5.84. The third-order valence-electron chi connectivity index (χ3n) is 4.04. The van der Waals surface area contributed by atoms with Crippen molar-refractivity contribution in [3.63, 3.8) is 0 Å². The summed E-state index contributed by atoms with van der Waals surface area (Å²) in [7, 11) is 1.95. The van der Waals surface area contributed by atoms with Gasteiger partial charge in [0.15, 0.2) is 0 Å². The third kappa shape index (κ3) is 4.39. The van der Waals surface area contributed by atoms with Gasteiger partial charge < -0.3 is 5.32 Å². The van der Waals surface area contributed by atoms with Gasteiger partial charge in [0.1, 0.15) is 5.82 Å². The summed E-state index contributed by atoms with van der Waals surface area (Å²) in [6, 6.07) is 1.86. The number of nitrogens with one attached hydrogen (secondary N) is 1. The fourth-order valence-electron chi connectivity index (χ4n) is 2.23. The molecule has 2 aromatic rings. The summed E-state index contributed by atoms with van der Waals surface area (Å²) in [6.45, 7) is 8.80. The van der Waals surface area contributed by atoms with E-state index in [1.165, 1.54) is 0 Å². The van der Waals surface area contributed by atoms with E-state index in [-0.39, 0.29) is 18.0 Å². The van der Waals surface area contributed by atoms with Crippen molar-refractivity contribution in [3.8, 4) is 0 Å². The van der Waals surface area contributed by atoms with Gasteiger partial charge in [-0.2, -0.15) is 5.10 Å². The monoisotopic (exact) mass is 335 g/mol. The van der Waals surface area contributed by atoms with Crippen LogP contribution in [0, 0.1) is 6.92 Å². The molecule has 0 fully saturated rings. The molecule has 0 radical (unpaired) electrons. The Bertz CT molecular complexity index is 650. The van der Waals surface area contributed by atoms with E-state index in [9.17, 15) is 4.79 Å². The van der Waals surface area contributed by atoms with E-state index in [1.807, 2.05) is 42.7 Å². The largest absolute Gasteiger partial charge is 0.310 e. The first-order valence-electron chi connectivity index (χ1n) is 7.88. The molecule has 0 saturated carbocycles. The molecule has 2 rings (SSSR count). The summed E-state index contributed by atoms with van der Waals surface area (Å²) in [5, 5.41) is 8.33.